The van der Waals surface area contributed by atoms with Gasteiger partial charge in [0.1, 0.15) is 0 Å². The van der Waals surface area contributed by atoms with Crippen molar-refractivity contribution in [2.75, 3.05) is 0 Å². The van der Waals surface area contributed by atoms with Crippen LogP contribution in [0.4, 0.5) is 0 Å². The second-order valence-electron chi connectivity index (χ2n) is 5.86. The molecule has 6 atom stereocenters. The Balaban J connectivity index is 1.78. The molecule has 4 nitrogen and oxygen atoms in total. The van der Waals surface area contributed by atoms with Gasteiger partial charge in [-0.15, -0.1) is 0 Å². The number of piperidine rings is 2. The molecule has 1 aromatic carbocycles. The van der Waals surface area contributed by atoms with Crippen LogP contribution < -0.4 is 0 Å². The molecular formula is C14H15I2NO3S. The molecule has 4 heterocycles. The van der Waals surface area contributed by atoms with Gasteiger partial charge in [0.2, 0.25) is 10.0 Å². The average Bonchev–Trinajstić information content (AvgIpc) is 2.46. The molecule has 0 spiro atoms. The molecule has 0 aromatic heterocycles. The lowest BCUT2D eigenvalue weighted by atomic mass is 9.80. The molecule has 5 rings (SSSR count). The Morgan fingerprint density at radius 2 is 1.52 bits per heavy atom. The highest BCUT2D eigenvalue weighted by Gasteiger charge is 2.59. The Bertz CT molecular complexity index is 631. The standard InChI is InChI=1S/C14H15I2NO3S/c15-13-9-6-11-14(16)10(7-12(13)20-11)17(9)21(18,19)8-4-2-1-3-5-8/h1-5,9-14H,6-7H2/t9-,10-,11-,12-,13-,14+/m1/s1. The van der Waals surface area contributed by atoms with Gasteiger partial charge < -0.3 is 4.74 Å². The second-order valence-corrected chi connectivity index (χ2v) is 10.6. The molecule has 4 fully saturated rings. The summed E-state index contributed by atoms with van der Waals surface area (Å²) in [6, 6.07) is 8.96. The van der Waals surface area contributed by atoms with E-state index in [4.69, 9.17) is 4.74 Å². The molecule has 0 unspecified atom stereocenters. The van der Waals surface area contributed by atoms with Crippen LogP contribution in [0.5, 0.6) is 0 Å². The first-order valence-electron chi connectivity index (χ1n) is 7.02. The molecule has 1 aromatic rings. The molecule has 0 aliphatic carbocycles. The smallest absolute Gasteiger partial charge is 0.243 e. The average molecular weight is 531 g/mol. The quantitative estimate of drug-likeness (QED) is 0.436. The van der Waals surface area contributed by atoms with Gasteiger partial charge in [-0.25, -0.2) is 8.42 Å². The predicted octanol–water partition coefficient (Wildman–Crippen LogP) is 2.60. The van der Waals surface area contributed by atoms with E-state index in [1.54, 1.807) is 28.6 Å². The maximum absolute atomic E-state index is 13.1. The van der Waals surface area contributed by atoms with Crippen molar-refractivity contribution in [3.63, 3.8) is 0 Å². The van der Waals surface area contributed by atoms with E-state index in [-0.39, 0.29) is 32.1 Å². The minimum Gasteiger partial charge on any atom is -0.373 e. The summed E-state index contributed by atoms with van der Waals surface area (Å²) in [7, 11) is -3.42. The lowest BCUT2D eigenvalue weighted by Crippen LogP contribution is -2.72. The fourth-order valence-corrected chi connectivity index (χ4v) is 8.32. The summed E-state index contributed by atoms with van der Waals surface area (Å²) < 4.78 is 34.6. The fraction of sp³-hybridized carbons (Fsp3) is 0.571. The number of hydrogen-bond acceptors (Lipinski definition) is 3. The van der Waals surface area contributed by atoms with E-state index in [1.165, 1.54) is 0 Å². The number of halogens is 2. The first kappa shape index (κ1) is 15.1. The molecule has 7 heteroatoms. The fourth-order valence-electron chi connectivity index (χ4n) is 3.78. The maximum Gasteiger partial charge on any atom is 0.243 e. The van der Waals surface area contributed by atoms with Crippen LogP contribution >= 0.6 is 45.2 Å². The zero-order valence-corrected chi connectivity index (χ0v) is 16.2. The maximum atomic E-state index is 13.1. The Labute approximate surface area is 151 Å². The van der Waals surface area contributed by atoms with Crippen molar-refractivity contribution in [3.8, 4) is 0 Å². The summed E-state index contributed by atoms with van der Waals surface area (Å²) >= 11 is 4.75. The number of rotatable bonds is 2. The summed E-state index contributed by atoms with van der Waals surface area (Å²) in [5.41, 5.74) is 0. The topological polar surface area (TPSA) is 46.6 Å². The zero-order valence-electron chi connectivity index (χ0n) is 11.1. The van der Waals surface area contributed by atoms with Crippen LogP contribution in [0.3, 0.4) is 0 Å². The number of nitrogens with zero attached hydrogens (tertiary/aromatic N) is 1. The summed E-state index contributed by atoms with van der Waals surface area (Å²) in [6.07, 6.45) is 2.07. The monoisotopic (exact) mass is 531 g/mol. The molecule has 114 valence electrons. The largest absolute Gasteiger partial charge is 0.373 e. The molecule has 0 radical (unpaired) electrons. The highest BCUT2D eigenvalue weighted by Crippen LogP contribution is 2.49. The summed E-state index contributed by atoms with van der Waals surface area (Å²) in [5.74, 6) is 0. The SMILES string of the molecule is O=S(=O)(c1ccccc1)N1[C@@H]2C[C@H]3O[C@H](C[C@@H]1[C@@H]3I)[C@@H]2I. The number of ether oxygens (including phenoxy) is 1. The van der Waals surface area contributed by atoms with Crippen molar-refractivity contribution in [2.45, 2.75) is 49.9 Å². The third-order valence-corrected chi connectivity index (χ3v) is 9.94. The molecule has 0 saturated carbocycles. The van der Waals surface area contributed by atoms with E-state index in [1.807, 2.05) is 6.07 Å². The van der Waals surface area contributed by atoms with Crippen molar-refractivity contribution in [1.29, 1.82) is 0 Å². The van der Waals surface area contributed by atoms with Gasteiger partial charge in [0.25, 0.3) is 0 Å². The molecule has 4 bridgehead atoms. The van der Waals surface area contributed by atoms with Crippen LogP contribution in [-0.2, 0) is 14.8 Å². The van der Waals surface area contributed by atoms with Crippen LogP contribution in [0.2, 0.25) is 0 Å². The van der Waals surface area contributed by atoms with Gasteiger partial charge in [0.05, 0.1) is 25.0 Å². The third-order valence-electron chi connectivity index (χ3n) is 4.72. The Kier molecular flexibility index (Phi) is 3.80. The first-order valence-corrected chi connectivity index (χ1v) is 11.0. The Hall–Kier alpha value is 0.550. The van der Waals surface area contributed by atoms with Gasteiger partial charge in [0.15, 0.2) is 0 Å². The lowest BCUT2D eigenvalue weighted by molar-refractivity contribution is -0.144. The van der Waals surface area contributed by atoms with Crippen LogP contribution in [0.1, 0.15) is 12.8 Å². The van der Waals surface area contributed by atoms with Crippen molar-refractivity contribution < 1.29 is 13.2 Å². The summed E-state index contributed by atoms with van der Waals surface area (Å²) in [6.45, 7) is 0. The number of hydrogen-bond donors (Lipinski definition) is 0. The minimum atomic E-state index is -3.42. The molecule has 4 aliphatic heterocycles. The number of sulfonamides is 1. The minimum absolute atomic E-state index is 0.0734. The molecule has 0 N–H and O–H groups in total. The van der Waals surface area contributed by atoms with E-state index in [0.717, 1.165) is 12.8 Å². The highest BCUT2D eigenvalue weighted by molar-refractivity contribution is 14.1. The van der Waals surface area contributed by atoms with Crippen molar-refractivity contribution in [3.05, 3.63) is 30.3 Å². The van der Waals surface area contributed by atoms with E-state index in [2.05, 4.69) is 45.2 Å². The first-order chi connectivity index (χ1) is 10.00. The van der Waals surface area contributed by atoms with Crippen LogP contribution in [0, 0.1) is 0 Å². The highest BCUT2D eigenvalue weighted by atomic mass is 127. The van der Waals surface area contributed by atoms with Crippen LogP contribution in [-0.4, -0.2) is 44.9 Å². The lowest BCUT2D eigenvalue weighted by Gasteiger charge is -2.59. The summed E-state index contributed by atoms with van der Waals surface area (Å²) in [5, 5.41) is 0. The zero-order chi connectivity index (χ0) is 14.8. The second kappa shape index (κ2) is 5.29. The normalized spacial score (nSPS) is 42.4. The van der Waals surface area contributed by atoms with Crippen molar-refractivity contribution in [2.24, 2.45) is 0 Å². The molecule has 21 heavy (non-hydrogen) atoms. The van der Waals surface area contributed by atoms with Crippen molar-refractivity contribution >= 4 is 55.2 Å². The molecular weight excluding hydrogens is 516 g/mol. The third kappa shape index (κ3) is 2.21. The van der Waals surface area contributed by atoms with E-state index >= 15 is 0 Å². The Morgan fingerprint density at radius 3 is 2.05 bits per heavy atom. The van der Waals surface area contributed by atoms with Gasteiger partial charge in [-0.1, -0.05) is 63.4 Å². The van der Waals surface area contributed by atoms with E-state index in [9.17, 15) is 8.42 Å². The predicted molar refractivity (Wildman–Crippen MR) is 96.6 cm³/mol. The number of benzene rings is 1. The van der Waals surface area contributed by atoms with Crippen LogP contribution in [0.25, 0.3) is 0 Å². The van der Waals surface area contributed by atoms with Crippen LogP contribution in [0.15, 0.2) is 35.2 Å². The van der Waals surface area contributed by atoms with E-state index < -0.39 is 10.0 Å². The van der Waals surface area contributed by atoms with Gasteiger partial charge in [0, 0.05) is 12.1 Å². The van der Waals surface area contributed by atoms with E-state index in [0.29, 0.717) is 4.90 Å². The Morgan fingerprint density at radius 1 is 1.00 bits per heavy atom. The summed E-state index contributed by atoms with van der Waals surface area (Å²) in [4.78, 5) is 0.408. The van der Waals surface area contributed by atoms with Crippen molar-refractivity contribution in [1.82, 2.24) is 4.31 Å². The molecule has 0 amide bonds. The van der Waals surface area contributed by atoms with Gasteiger partial charge in [-0.2, -0.15) is 4.31 Å². The van der Waals surface area contributed by atoms with Gasteiger partial charge in [-0.05, 0) is 25.0 Å². The number of alkyl halides is 2. The molecule has 4 aliphatic rings. The molecule has 4 saturated heterocycles. The van der Waals surface area contributed by atoms with Gasteiger partial charge >= 0.3 is 0 Å². The van der Waals surface area contributed by atoms with Gasteiger partial charge in [-0.3, -0.25) is 0 Å².